The predicted molar refractivity (Wildman–Crippen MR) is 145 cm³/mol. The lowest BCUT2D eigenvalue weighted by atomic mass is 9.81. The molecule has 2 aromatic carbocycles. The van der Waals surface area contributed by atoms with Gasteiger partial charge in [0, 0.05) is 23.3 Å². The van der Waals surface area contributed by atoms with Gasteiger partial charge in [0.2, 0.25) is 5.91 Å². The SMILES string of the molecule is NCC1CCC(C(=O)NC(Cc2cccc(OC(F)F)c2)c2nc(-c3ccc4c(N)n[nH]c4c3)c(Cl)[nH]2)CC1. The number of rotatable bonds is 9. The summed E-state index contributed by atoms with van der Waals surface area (Å²) in [5, 5.41) is 11.1. The lowest BCUT2D eigenvalue weighted by molar-refractivity contribution is -0.127. The summed E-state index contributed by atoms with van der Waals surface area (Å²) >= 11 is 6.59. The minimum Gasteiger partial charge on any atom is -0.435 e. The molecule has 206 valence electrons. The second-order valence-electron chi connectivity index (χ2n) is 9.90. The van der Waals surface area contributed by atoms with E-state index in [4.69, 9.17) is 28.1 Å². The first-order chi connectivity index (χ1) is 18.8. The Kier molecular flexibility index (Phi) is 7.99. The zero-order valence-corrected chi connectivity index (χ0v) is 21.8. The van der Waals surface area contributed by atoms with Crippen LogP contribution in [0.25, 0.3) is 22.2 Å². The lowest BCUT2D eigenvalue weighted by Crippen LogP contribution is -2.37. The summed E-state index contributed by atoms with van der Waals surface area (Å²) in [5.74, 6) is 1.10. The molecule has 0 radical (unpaired) electrons. The highest BCUT2D eigenvalue weighted by atomic mass is 35.5. The van der Waals surface area contributed by atoms with E-state index in [1.165, 1.54) is 12.1 Å². The van der Waals surface area contributed by atoms with Crippen LogP contribution in [0.3, 0.4) is 0 Å². The maximum Gasteiger partial charge on any atom is 0.387 e. The van der Waals surface area contributed by atoms with Crippen LogP contribution in [-0.2, 0) is 11.2 Å². The second kappa shape index (κ2) is 11.6. The summed E-state index contributed by atoms with van der Waals surface area (Å²) in [6.45, 7) is -2.31. The van der Waals surface area contributed by atoms with Crippen molar-refractivity contribution in [3.05, 3.63) is 59.0 Å². The Morgan fingerprint density at radius 1 is 1.18 bits per heavy atom. The van der Waals surface area contributed by atoms with E-state index in [1.807, 2.05) is 18.2 Å². The highest BCUT2D eigenvalue weighted by Gasteiger charge is 2.29. The molecule has 1 atom stereocenters. The third kappa shape index (κ3) is 6.15. The Morgan fingerprint density at radius 3 is 2.72 bits per heavy atom. The van der Waals surface area contributed by atoms with Crippen LogP contribution in [0.4, 0.5) is 14.6 Å². The number of aromatic nitrogens is 4. The van der Waals surface area contributed by atoms with Gasteiger partial charge < -0.3 is 26.5 Å². The van der Waals surface area contributed by atoms with Crippen molar-refractivity contribution >= 4 is 34.2 Å². The number of nitrogen functional groups attached to an aromatic ring is 1. The van der Waals surface area contributed by atoms with Crippen LogP contribution in [0.2, 0.25) is 5.15 Å². The van der Waals surface area contributed by atoms with E-state index in [0.29, 0.717) is 40.5 Å². The number of H-pyrrole nitrogens is 2. The first-order valence-corrected chi connectivity index (χ1v) is 13.2. The van der Waals surface area contributed by atoms with E-state index in [9.17, 15) is 13.6 Å². The van der Waals surface area contributed by atoms with Gasteiger partial charge in [-0.3, -0.25) is 9.89 Å². The largest absolute Gasteiger partial charge is 0.435 e. The van der Waals surface area contributed by atoms with Crippen molar-refractivity contribution in [1.82, 2.24) is 25.5 Å². The Labute approximate surface area is 228 Å². The summed E-state index contributed by atoms with van der Waals surface area (Å²) < 4.78 is 30.1. The van der Waals surface area contributed by atoms with Crippen molar-refractivity contribution in [2.75, 3.05) is 12.3 Å². The summed E-state index contributed by atoms with van der Waals surface area (Å²) in [6, 6.07) is 11.3. The number of alkyl halides is 2. The monoisotopic (exact) mass is 557 g/mol. The van der Waals surface area contributed by atoms with Crippen molar-refractivity contribution in [3.8, 4) is 17.0 Å². The number of carbonyl (C=O) groups excluding carboxylic acids is 1. The minimum atomic E-state index is -2.94. The van der Waals surface area contributed by atoms with Gasteiger partial charge in [-0.2, -0.15) is 13.9 Å². The fraction of sp³-hybridized carbons (Fsp3) is 0.370. The van der Waals surface area contributed by atoms with Crippen molar-refractivity contribution < 1.29 is 18.3 Å². The van der Waals surface area contributed by atoms with Gasteiger partial charge in [-0.1, -0.05) is 29.8 Å². The van der Waals surface area contributed by atoms with Crippen LogP contribution < -0.4 is 21.5 Å². The number of nitrogens with two attached hydrogens (primary N) is 2. The number of fused-ring (bicyclic) bond motifs is 1. The number of carbonyl (C=O) groups is 1. The zero-order chi connectivity index (χ0) is 27.5. The molecule has 4 aromatic rings. The Bertz CT molecular complexity index is 1450. The van der Waals surface area contributed by atoms with E-state index in [-0.39, 0.29) is 24.0 Å². The average Bonchev–Trinajstić information content (AvgIpc) is 3.50. The van der Waals surface area contributed by atoms with E-state index in [2.05, 4.69) is 25.2 Å². The van der Waals surface area contributed by atoms with Gasteiger partial charge in [0.15, 0.2) is 5.82 Å². The maximum atomic E-state index is 13.3. The molecular weight excluding hydrogens is 528 g/mol. The number of nitrogens with one attached hydrogen (secondary N) is 3. The number of aromatic amines is 2. The molecule has 0 saturated heterocycles. The Hall–Kier alpha value is -3.70. The number of imidazole rings is 1. The number of anilines is 1. The third-order valence-corrected chi connectivity index (χ3v) is 7.58. The number of amides is 1. The number of hydrogen-bond acceptors (Lipinski definition) is 6. The van der Waals surface area contributed by atoms with Crippen LogP contribution in [0, 0.1) is 11.8 Å². The normalized spacial score (nSPS) is 18.4. The molecular formula is C27H30ClF2N7O2. The van der Waals surface area contributed by atoms with Gasteiger partial charge in [-0.25, -0.2) is 4.98 Å². The van der Waals surface area contributed by atoms with Gasteiger partial charge in [0.1, 0.15) is 22.4 Å². The molecule has 1 aliphatic carbocycles. The van der Waals surface area contributed by atoms with Gasteiger partial charge >= 0.3 is 6.61 Å². The average molecular weight is 558 g/mol. The standard InChI is InChI=1S/C27H30ClF2N7O2/c28-23-22(17-8-9-19-20(12-17)36-37-24(19)32)34-25(35-23)21(11-15-2-1-3-18(10-15)39-27(29)30)33-26(38)16-6-4-14(13-31)5-7-16/h1-3,8-10,12,14,16,21,27H,4-7,11,13,31H2,(H,33,38)(H,34,35)(H3,32,36,37). The highest BCUT2D eigenvalue weighted by molar-refractivity contribution is 6.32. The zero-order valence-electron chi connectivity index (χ0n) is 21.1. The van der Waals surface area contributed by atoms with Gasteiger partial charge in [0.25, 0.3) is 0 Å². The molecule has 0 bridgehead atoms. The quantitative estimate of drug-likeness (QED) is 0.196. The molecule has 1 saturated carbocycles. The molecule has 5 rings (SSSR count). The Balaban J connectivity index is 1.43. The molecule has 1 aliphatic rings. The smallest absolute Gasteiger partial charge is 0.387 e. The Morgan fingerprint density at radius 2 is 1.97 bits per heavy atom. The molecule has 7 N–H and O–H groups in total. The van der Waals surface area contributed by atoms with Crippen molar-refractivity contribution in [1.29, 1.82) is 0 Å². The van der Waals surface area contributed by atoms with E-state index in [0.717, 1.165) is 42.1 Å². The molecule has 39 heavy (non-hydrogen) atoms. The van der Waals surface area contributed by atoms with E-state index >= 15 is 0 Å². The number of benzene rings is 2. The number of ether oxygens (including phenoxy) is 1. The predicted octanol–water partition coefficient (Wildman–Crippen LogP) is 4.96. The molecule has 2 aromatic heterocycles. The molecule has 1 amide bonds. The second-order valence-corrected chi connectivity index (χ2v) is 10.3. The van der Waals surface area contributed by atoms with Crippen LogP contribution in [0.15, 0.2) is 42.5 Å². The molecule has 2 heterocycles. The third-order valence-electron chi connectivity index (χ3n) is 7.30. The first-order valence-electron chi connectivity index (χ1n) is 12.8. The summed E-state index contributed by atoms with van der Waals surface area (Å²) in [7, 11) is 0. The van der Waals surface area contributed by atoms with Gasteiger partial charge in [-0.15, -0.1) is 0 Å². The van der Waals surface area contributed by atoms with Gasteiger partial charge in [0.05, 0.1) is 11.6 Å². The summed E-state index contributed by atoms with van der Waals surface area (Å²) in [4.78, 5) is 21.2. The van der Waals surface area contributed by atoms with Crippen LogP contribution in [0.5, 0.6) is 5.75 Å². The number of hydrogen-bond donors (Lipinski definition) is 5. The lowest BCUT2D eigenvalue weighted by Gasteiger charge is -2.28. The number of nitrogens with zero attached hydrogens (tertiary/aromatic N) is 2. The number of halogens is 3. The molecule has 12 heteroatoms. The minimum absolute atomic E-state index is 0.0398. The first kappa shape index (κ1) is 26.9. The fourth-order valence-corrected chi connectivity index (χ4v) is 5.41. The van der Waals surface area contributed by atoms with E-state index in [1.54, 1.807) is 12.1 Å². The van der Waals surface area contributed by atoms with Crippen molar-refractivity contribution in [2.24, 2.45) is 17.6 Å². The summed E-state index contributed by atoms with van der Waals surface area (Å²) in [5.41, 5.74) is 14.4. The fourth-order valence-electron chi connectivity index (χ4n) is 5.16. The van der Waals surface area contributed by atoms with Crippen LogP contribution in [-0.4, -0.2) is 39.2 Å². The molecule has 0 spiro atoms. The highest BCUT2D eigenvalue weighted by Crippen LogP contribution is 2.33. The topological polar surface area (TPSA) is 148 Å². The molecule has 9 nitrogen and oxygen atoms in total. The molecule has 1 fully saturated rings. The van der Waals surface area contributed by atoms with Crippen molar-refractivity contribution in [2.45, 2.75) is 44.8 Å². The van der Waals surface area contributed by atoms with E-state index < -0.39 is 12.7 Å². The summed E-state index contributed by atoms with van der Waals surface area (Å²) in [6.07, 6.45) is 3.61. The molecule has 1 unspecified atom stereocenters. The van der Waals surface area contributed by atoms with Crippen LogP contribution >= 0.6 is 11.6 Å². The molecule has 0 aliphatic heterocycles. The maximum absolute atomic E-state index is 13.3. The van der Waals surface area contributed by atoms with Gasteiger partial charge in [-0.05, 0) is 68.0 Å². The van der Waals surface area contributed by atoms with Crippen LogP contribution in [0.1, 0.15) is 43.1 Å². The van der Waals surface area contributed by atoms with Crippen molar-refractivity contribution in [3.63, 3.8) is 0 Å².